The molecule has 1 fully saturated rings. The summed E-state index contributed by atoms with van der Waals surface area (Å²) >= 11 is 0. The Kier molecular flexibility index (Phi) is 4.90. The number of halogens is 2. The molecular weight excluding hydrogens is 360 g/mol. The highest BCUT2D eigenvalue weighted by atomic mass is 19.2. The van der Waals surface area contributed by atoms with Crippen LogP contribution < -0.4 is 4.90 Å². The largest absolute Gasteiger partial charge is 0.354 e. The van der Waals surface area contributed by atoms with Crippen LogP contribution in [-0.2, 0) is 0 Å². The van der Waals surface area contributed by atoms with Gasteiger partial charge in [-0.3, -0.25) is 0 Å². The maximum absolute atomic E-state index is 13.4. The van der Waals surface area contributed by atoms with E-state index in [0.29, 0.717) is 11.4 Å². The summed E-state index contributed by atoms with van der Waals surface area (Å²) in [7, 11) is 0. The van der Waals surface area contributed by atoms with Crippen molar-refractivity contribution in [2.75, 3.05) is 18.0 Å². The molecule has 5 nitrogen and oxygen atoms in total. The van der Waals surface area contributed by atoms with Gasteiger partial charge in [-0.05, 0) is 62.6 Å². The number of benzene rings is 1. The molecule has 0 unspecified atom stereocenters. The van der Waals surface area contributed by atoms with Gasteiger partial charge in [0.25, 0.3) is 0 Å². The van der Waals surface area contributed by atoms with Crippen LogP contribution >= 0.6 is 0 Å². The van der Waals surface area contributed by atoms with Crippen LogP contribution in [0, 0.1) is 25.5 Å². The maximum Gasteiger partial charge on any atom is 0.176 e. The lowest BCUT2D eigenvalue weighted by Gasteiger charge is -2.29. The minimum absolute atomic E-state index is 0.691. The van der Waals surface area contributed by atoms with Crippen molar-refractivity contribution in [1.82, 2.24) is 20.0 Å². The summed E-state index contributed by atoms with van der Waals surface area (Å²) in [6.45, 7) is 5.55. The molecule has 3 heterocycles. The number of anilines is 1. The molecule has 0 spiro atoms. The monoisotopic (exact) mass is 381 g/mol. The van der Waals surface area contributed by atoms with E-state index in [9.17, 15) is 8.78 Å². The van der Waals surface area contributed by atoms with Gasteiger partial charge in [0.05, 0.1) is 5.69 Å². The lowest BCUT2D eigenvalue weighted by atomic mass is 10.0. The van der Waals surface area contributed by atoms with Crippen molar-refractivity contribution in [1.29, 1.82) is 0 Å². The van der Waals surface area contributed by atoms with E-state index in [1.54, 1.807) is 10.7 Å². The SMILES string of the molecule is Cc1cc(C)n(-c2ccc(N3CCC(=Cc4ccc(F)c(F)c4)CC3)nn2)n1. The third kappa shape index (κ3) is 3.78. The zero-order chi connectivity index (χ0) is 19.7. The van der Waals surface area contributed by atoms with Crippen molar-refractivity contribution in [3.8, 4) is 5.82 Å². The Labute approximate surface area is 162 Å². The second-order valence-electron chi connectivity index (χ2n) is 7.05. The van der Waals surface area contributed by atoms with Crippen molar-refractivity contribution in [2.24, 2.45) is 0 Å². The number of piperidine rings is 1. The van der Waals surface area contributed by atoms with Gasteiger partial charge in [0.1, 0.15) is 0 Å². The zero-order valence-corrected chi connectivity index (χ0v) is 15.9. The van der Waals surface area contributed by atoms with Crippen LogP contribution in [0.2, 0.25) is 0 Å². The Balaban J connectivity index is 1.43. The first-order valence-corrected chi connectivity index (χ1v) is 9.26. The zero-order valence-electron chi connectivity index (χ0n) is 15.9. The molecule has 7 heteroatoms. The molecule has 0 radical (unpaired) electrons. The van der Waals surface area contributed by atoms with Gasteiger partial charge >= 0.3 is 0 Å². The first-order valence-electron chi connectivity index (χ1n) is 9.26. The molecule has 0 bridgehead atoms. The van der Waals surface area contributed by atoms with E-state index in [2.05, 4.69) is 20.2 Å². The highest BCUT2D eigenvalue weighted by Crippen LogP contribution is 2.24. The third-order valence-corrected chi connectivity index (χ3v) is 4.91. The molecule has 28 heavy (non-hydrogen) atoms. The smallest absolute Gasteiger partial charge is 0.176 e. The van der Waals surface area contributed by atoms with Gasteiger partial charge in [-0.25, -0.2) is 13.5 Å². The normalized spacial score (nSPS) is 14.4. The number of aryl methyl sites for hydroxylation is 2. The topological polar surface area (TPSA) is 46.8 Å². The van der Waals surface area contributed by atoms with Gasteiger partial charge in [-0.1, -0.05) is 17.7 Å². The lowest BCUT2D eigenvalue weighted by Crippen LogP contribution is -2.31. The molecule has 0 N–H and O–H groups in total. The third-order valence-electron chi connectivity index (χ3n) is 4.91. The summed E-state index contributed by atoms with van der Waals surface area (Å²) in [5, 5.41) is 13.1. The van der Waals surface area contributed by atoms with Crippen LogP contribution in [0.1, 0.15) is 29.8 Å². The molecule has 2 aromatic heterocycles. The Morgan fingerprint density at radius 3 is 2.21 bits per heavy atom. The standard InChI is InChI=1S/C21H21F2N5/c1-14-11-15(2)28(26-14)21-6-5-20(24-25-21)27-9-7-16(8-10-27)12-17-3-4-18(22)19(23)13-17/h3-6,11-13H,7-10H2,1-2H3. The summed E-state index contributed by atoms with van der Waals surface area (Å²) in [5.74, 6) is -0.105. The number of nitrogens with zero attached hydrogens (tertiary/aromatic N) is 5. The fraction of sp³-hybridized carbons (Fsp3) is 0.286. The molecule has 1 aliphatic rings. The molecule has 0 amide bonds. The summed E-state index contributed by atoms with van der Waals surface area (Å²) in [5.41, 5.74) is 3.87. The lowest BCUT2D eigenvalue weighted by molar-refractivity contribution is 0.508. The molecule has 1 aliphatic heterocycles. The number of aromatic nitrogens is 4. The van der Waals surface area contributed by atoms with Gasteiger partial charge in [0, 0.05) is 18.8 Å². The Bertz CT molecular complexity index is 1010. The Morgan fingerprint density at radius 1 is 0.893 bits per heavy atom. The van der Waals surface area contributed by atoms with E-state index in [4.69, 9.17) is 0 Å². The molecule has 0 atom stereocenters. The fourth-order valence-corrected chi connectivity index (χ4v) is 3.47. The summed E-state index contributed by atoms with van der Waals surface area (Å²) in [6, 6.07) is 9.88. The van der Waals surface area contributed by atoms with E-state index in [-0.39, 0.29) is 0 Å². The van der Waals surface area contributed by atoms with Crippen LogP contribution in [0.15, 0.2) is 42.0 Å². The molecule has 3 aromatic rings. The first kappa shape index (κ1) is 18.3. The van der Waals surface area contributed by atoms with Crippen molar-refractivity contribution >= 4 is 11.9 Å². The van der Waals surface area contributed by atoms with Gasteiger partial charge in [-0.2, -0.15) is 5.10 Å². The minimum Gasteiger partial charge on any atom is -0.354 e. The Morgan fingerprint density at radius 2 is 1.61 bits per heavy atom. The van der Waals surface area contributed by atoms with Crippen LogP contribution in [0.3, 0.4) is 0 Å². The molecule has 0 aliphatic carbocycles. The van der Waals surface area contributed by atoms with Gasteiger partial charge in [0.15, 0.2) is 23.3 Å². The fourth-order valence-electron chi connectivity index (χ4n) is 3.47. The van der Waals surface area contributed by atoms with E-state index in [1.165, 1.54) is 11.6 Å². The summed E-state index contributed by atoms with van der Waals surface area (Å²) in [6.07, 6.45) is 3.64. The average Bonchev–Trinajstić information content (AvgIpc) is 3.04. The van der Waals surface area contributed by atoms with Crippen molar-refractivity contribution in [3.05, 3.63) is 70.6 Å². The highest BCUT2D eigenvalue weighted by molar-refractivity contribution is 5.54. The van der Waals surface area contributed by atoms with E-state index < -0.39 is 11.6 Å². The number of hydrogen-bond acceptors (Lipinski definition) is 4. The van der Waals surface area contributed by atoms with E-state index >= 15 is 0 Å². The molecule has 144 valence electrons. The van der Waals surface area contributed by atoms with Gasteiger partial charge in [0.2, 0.25) is 0 Å². The summed E-state index contributed by atoms with van der Waals surface area (Å²) in [4.78, 5) is 2.18. The van der Waals surface area contributed by atoms with Gasteiger partial charge in [-0.15, -0.1) is 10.2 Å². The average molecular weight is 381 g/mol. The number of hydrogen-bond donors (Lipinski definition) is 0. The van der Waals surface area contributed by atoms with Crippen molar-refractivity contribution in [2.45, 2.75) is 26.7 Å². The first-order chi connectivity index (χ1) is 13.5. The maximum atomic E-state index is 13.4. The molecule has 1 saturated heterocycles. The van der Waals surface area contributed by atoms with Crippen LogP contribution in [0.25, 0.3) is 11.9 Å². The molecule has 1 aromatic carbocycles. The van der Waals surface area contributed by atoms with Crippen LogP contribution in [-0.4, -0.2) is 33.1 Å². The molecule has 4 rings (SSSR count). The second kappa shape index (κ2) is 7.50. The second-order valence-corrected chi connectivity index (χ2v) is 7.05. The van der Waals surface area contributed by atoms with Crippen LogP contribution in [0.4, 0.5) is 14.6 Å². The quantitative estimate of drug-likeness (QED) is 0.681. The summed E-state index contributed by atoms with van der Waals surface area (Å²) < 4.78 is 28.2. The van der Waals surface area contributed by atoms with Crippen molar-refractivity contribution in [3.63, 3.8) is 0 Å². The highest BCUT2D eigenvalue weighted by Gasteiger charge is 2.16. The minimum atomic E-state index is -0.820. The molecular formula is C21H21F2N5. The van der Waals surface area contributed by atoms with E-state index in [0.717, 1.165) is 49.2 Å². The Hall–Kier alpha value is -3.09. The molecule has 0 saturated carbocycles. The number of rotatable bonds is 3. The predicted molar refractivity (Wildman–Crippen MR) is 104 cm³/mol. The van der Waals surface area contributed by atoms with Gasteiger partial charge < -0.3 is 4.90 Å². The van der Waals surface area contributed by atoms with Crippen molar-refractivity contribution < 1.29 is 8.78 Å². The van der Waals surface area contributed by atoms with Crippen LogP contribution in [0.5, 0.6) is 0 Å². The predicted octanol–water partition coefficient (Wildman–Crippen LogP) is 4.24. The van der Waals surface area contributed by atoms with E-state index in [1.807, 2.05) is 38.1 Å².